The molecule has 0 radical (unpaired) electrons. The molecule has 0 saturated heterocycles. The molecule has 2 aromatic heterocycles. The molecule has 0 saturated carbocycles. The third-order valence-corrected chi connectivity index (χ3v) is 13.8. The summed E-state index contributed by atoms with van der Waals surface area (Å²) in [5, 5.41) is 7.24. The second-order valence-electron chi connectivity index (χ2n) is 17.0. The third-order valence-electron chi connectivity index (χ3n) is 13.8. The average Bonchev–Trinajstić information content (AvgIpc) is 3.99. The molecule has 14 rings (SSSR count). The van der Waals surface area contributed by atoms with E-state index in [0.29, 0.717) is 17.5 Å². The van der Waals surface area contributed by atoms with E-state index in [4.69, 9.17) is 15.0 Å². The van der Waals surface area contributed by atoms with Gasteiger partial charge in [0.25, 0.3) is 0 Å². The summed E-state index contributed by atoms with van der Waals surface area (Å²) in [6, 6.07) is 79.2. The van der Waals surface area contributed by atoms with Gasteiger partial charge in [0.05, 0.1) is 22.1 Å². The van der Waals surface area contributed by atoms with Crippen molar-refractivity contribution in [3.63, 3.8) is 0 Å². The van der Waals surface area contributed by atoms with Crippen LogP contribution in [0, 0.1) is 0 Å². The van der Waals surface area contributed by atoms with Gasteiger partial charge in [-0.15, -0.1) is 0 Å². The monoisotopic (exact) mass is 812 g/mol. The van der Waals surface area contributed by atoms with Crippen LogP contribution in [0.2, 0.25) is 0 Å². The summed E-state index contributed by atoms with van der Waals surface area (Å²) in [6.07, 6.45) is 0. The molecule has 12 aromatic rings. The fourth-order valence-electron chi connectivity index (χ4n) is 11.3. The van der Waals surface area contributed by atoms with Gasteiger partial charge in [0.2, 0.25) is 0 Å². The molecule has 2 heterocycles. The quantitative estimate of drug-likeness (QED) is 0.178. The molecular weight excluding hydrogens is 777 g/mol. The molecule has 296 valence electrons. The highest BCUT2D eigenvalue weighted by molar-refractivity contribution is 6.28. The number of rotatable bonds is 4. The zero-order valence-electron chi connectivity index (χ0n) is 34.6. The first-order valence-corrected chi connectivity index (χ1v) is 22.0. The molecule has 0 N–H and O–H groups in total. The number of aromatic nitrogens is 4. The smallest absolute Gasteiger partial charge is 0.164 e. The van der Waals surface area contributed by atoms with Gasteiger partial charge in [0.15, 0.2) is 17.5 Å². The van der Waals surface area contributed by atoms with Gasteiger partial charge in [-0.3, -0.25) is 0 Å². The number of hydrogen-bond acceptors (Lipinski definition) is 3. The molecule has 0 unspecified atom stereocenters. The summed E-state index contributed by atoms with van der Waals surface area (Å²) < 4.78 is 2.58. The van der Waals surface area contributed by atoms with Crippen LogP contribution in [0.3, 0.4) is 0 Å². The Bertz CT molecular complexity index is 3800. The Labute approximate surface area is 369 Å². The van der Waals surface area contributed by atoms with E-state index in [1.54, 1.807) is 0 Å². The second kappa shape index (κ2) is 13.3. The molecule has 2 aliphatic carbocycles. The van der Waals surface area contributed by atoms with Gasteiger partial charge in [-0.2, -0.15) is 0 Å². The van der Waals surface area contributed by atoms with Crippen molar-refractivity contribution in [2.75, 3.05) is 0 Å². The van der Waals surface area contributed by atoms with Crippen LogP contribution in [0.15, 0.2) is 218 Å². The van der Waals surface area contributed by atoms with Crippen molar-refractivity contribution in [2.24, 2.45) is 0 Å². The van der Waals surface area contributed by atoms with Gasteiger partial charge >= 0.3 is 0 Å². The molecule has 64 heavy (non-hydrogen) atoms. The van der Waals surface area contributed by atoms with Crippen molar-refractivity contribution in [1.29, 1.82) is 0 Å². The third kappa shape index (κ3) is 4.69. The van der Waals surface area contributed by atoms with Crippen LogP contribution in [0.25, 0.3) is 105 Å². The maximum Gasteiger partial charge on any atom is 0.164 e. The predicted octanol–water partition coefficient (Wildman–Crippen LogP) is 14.6. The lowest BCUT2D eigenvalue weighted by atomic mass is 9.70. The molecule has 1 spiro atoms. The van der Waals surface area contributed by atoms with Crippen LogP contribution in [0.5, 0.6) is 0 Å². The van der Waals surface area contributed by atoms with Crippen molar-refractivity contribution >= 4 is 43.4 Å². The molecule has 4 nitrogen and oxygen atoms in total. The van der Waals surface area contributed by atoms with Crippen LogP contribution in [-0.4, -0.2) is 19.5 Å². The van der Waals surface area contributed by atoms with E-state index >= 15 is 0 Å². The Hall–Kier alpha value is -8.47. The van der Waals surface area contributed by atoms with Crippen LogP contribution < -0.4 is 0 Å². The zero-order chi connectivity index (χ0) is 41.9. The number of nitrogens with zero attached hydrogens (tertiary/aromatic N) is 4. The first-order chi connectivity index (χ1) is 31.8. The number of benzene rings is 10. The zero-order valence-corrected chi connectivity index (χ0v) is 34.6. The highest BCUT2D eigenvalue weighted by atomic mass is 15.0. The van der Waals surface area contributed by atoms with E-state index in [1.165, 1.54) is 71.6 Å². The standard InChI is InChI=1S/C60H36N4/c1-3-19-37(20-4-1)57-61-58(38-21-5-2-6-22-38)63-59(62-57)40-35-39-23-7-8-24-41(39)52(36-40)64-51-34-18-14-30-47(51)54-45-28-10-9-27-44(45)53-46-29-13-17-33-50(46)60(55(53)56(54)64)48-31-15-11-25-42(48)43-26-12-16-32-49(43)60/h1-36H. The Morgan fingerprint density at radius 3 is 1.47 bits per heavy atom. The highest BCUT2D eigenvalue weighted by Crippen LogP contribution is 2.66. The van der Waals surface area contributed by atoms with Crippen molar-refractivity contribution in [2.45, 2.75) is 5.41 Å². The summed E-state index contributed by atoms with van der Waals surface area (Å²) in [7, 11) is 0. The largest absolute Gasteiger partial charge is 0.308 e. The fraction of sp³-hybridized carbons (Fsp3) is 0.0167. The van der Waals surface area contributed by atoms with Gasteiger partial charge in [-0.25, -0.2) is 15.0 Å². The Morgan fingerprint density at radius 1 is 0.359 bits per heavy atom. The normalized spacial score (nSPS) is 13.1. The molecule has 0 bridgehead atoms. The fourth-order valence-corrected chi connectivity index (χ4v) is 11.3. The second-order valence-corrected chi connectivity index (χ2v) is 17.0. The minimum Gasteiger partial charge on any atom is -0.308 e. The van der Waals surface area contributed by atoms with Crippen LogP contribution in [0.4, 0.5) is 0 Å². The van der Waals surface area contributed by atoms with E-state index in [2.05, 4.69) is 187 Å². The average molecular weight is 813 g/mol. The lowest BCUT2D eigenvalue weighted by Crippen LogP contribution is -2.26. The Balaban J connectivity index is 1.17. The van der Waals surface area contributed by atoms with E-state index in [1.807, 2.05) is 36.4 Å². The van der Waals surface area contributed by atoms with Crippen LogP contribution in [-0.2, 0) is 5.41 Å². The molecule has 0 aliphatic heterocycles. The minimum absolute atomic E-state index is 0.579. The molecule has 2 aliphatic rings. The summed E-state index contributed by atoms with van der Waals surface area (Å²) in [6.45, 7) is 0. The van der Waals surface area contributed by atoms with Gasteiger partial charge in [0.1, 0.15) is 0 Å². The lowest BCUT2D eigenvalue weighted by molar-refractivity contribution is 0.797. The van der Waals surface area contributed by atoms with Crippen LogP contribution >= 0.6 is 0 Å². The van der Waals surface area contributed by atoms with Crippen molar-refractivity contribution in [3.8, 4) is 62.1 Å². The molecule has 0 amide bonds. The van der Waals surface area contributed by atoms with Gasteiger partial charge in [-0.1, -0.05) is 200 Å². The summed E-state index contributed by atoms with van der Waals surface area (Å²) in [5.41, 5.74) is 16.1. The molecule has 4 heteroatoms. The Morgan fingerprint density at radius 2 is 0.828 bits per heavy atom. The van der Waals surface area contributed by atoms with Gasteiger partial charge in [0, 0.05) is 38.4 Å². The summed E-state index contributed by atoms with van der Waals surface area (Å²) in [4.78, 5) is 15.6. The number of fused-ring (bicyclic) bond motifs is 18. The maximum absolute atomic E-state index is 5.26. The minimum atomic E-state index is -0.579. The lowest BCUT2D eigenvalue weighted by Gasteiger charge is -2.32. The van der Waals surface area contributed by atoms with E-state index < -0.39 is 5.41 Å². The number of para-hydroxylation sites is 1. The van der Waals surface area contributed by atoms with Crippen molar-refractivity contribution in [3.05, 3.63) is 241 Å². The molecule has 10 aromatic carbocycles. The van der Waals surface area contributed by atoms with Crippen molar-refractivity contribution < 1.29 is 0 Å². The molecular formula is C60H36N4. The molecule has 0 atom stereocenters. The first-order valence-electron chi connectivity index (χ1n) is 22.0. The molecule has 0 fully saturated rings. The SMILES string of the molecule is c1ccc(-c2nc(-c3ccccc3)nc(-c3cc(-n4c5ccccc5c5c6ccccc6c6c(c54)C4(c5ccccc5-c5ccccc54)c4ccccc4-6)c4ccccc4c3)n2)cc1. The predicted molar refractivity (Wildman–Crippen MR) is 262 cm³/mol. The number of hydrogen-bond donors (Lipinski definition) is 0. The van der Waals surface area contributed by atoms with E-state index in [9.17, 15) is 0 Å². The summed E-state index contributed by atoms with van der Waals surface area (Å²) in [5.74, 6) is 1.90. The topological polar surface area (TPSA) is 43.6 Å². The van der Waals surface area contributed by atoms with Gasteiger partial charge < -0.3 is 4.57 Å². The first kappa shape index (κ1) is 35.2. The summed E-state index contributed by atoms with van der Waals surface area (Å²) >= 11 is 0. The Kier molecular flexibility index (Phi) is 7.29. The van der Waals surface area contributed by atoms with Crippen LogP contribution in [0.1, 0.15) is 22.3 Å². The van der Waals surface area contributed by atoms with E-state index in [0.717, 1.165) is 38.7 Å². The van der Waals surface area contributed by atoms with Crippen molar-refractivity contribution in [1.82, 2.24) is 19.5 Å². The van der Waals surface area contributed by atoms with E-state index in [-0.39, 0.29) is 0 Å². The highest BCUT2D eigenvalue weighted by Gasteiger charge is 2.53. The van der Waals surface area contributed by atoms with Gasteiger partial charge in [-0.05, 0) is 73.3 Å². The maximum atomic E-state index is 5.26.